The van der Waals surface area contributed by atoms with Crippen molar-refractivity contribution in [2.24, 2.45) is 0 Å². The Morgan fingerprint density at radius 2 is 0.894 bits per heavy atom. The fourth-order valence-electron chi connectivity index (χ4n) is 6.12. The van der Waals surface area contributed by atoms with Crippen LogP contribution in [0.3, 0.4) is 0 Å². The van der Waals surface area contributed by atoms with E-state index in [0.29, 0.717) is 19.3 Å². The molecule has 0 aliphatic heterocycles. The maximum Gasteiger partial charge on any atom is 0.249 e. The first-order valence-corrected chi connectivity index (χ1v) is 20.2. The largest absolute Gasteiger partial charge is 0.394 e. The minimum Gasteiger partial charge on any atom is -0.394 e. The van der Waals surface area contributed by atoms with Gasteiger partial charge in [-0.1, -0.05) is 173 Å². The number of hydrogen-bond acceptors (Lipinski definition) is 5. The zero-order valence-corrected chi connectivity index (χ0v) is 31.0. The molecule has 0 aromatic carbocycles. The Morgan fingerprint density at radius 3 is 1.34 bits per heavy atom. The zero-order valence-electron chi connectivity index (χ0n) is 31.0. The summed E-state index contributed by atoms with van der Waals surface area (Å²) in [7, 11) is 0. The summed E-state index contributed by atoms with van der Waals surface area (Å²) in [4.78, 5) is 12.4. The van der Waals surface area contributed by atoms with Gasteiger partial charge in [0.25, 0.3) is 0 Å². The Kier molecular flexibility index (Phi) is 35.2. The van der Waals surface area contributed by atoms with Crippen molar-refractivity contribution in [2.75, 3.05) is 6.61 Å². The van der Waals surface area contributed by atoms with Gasteiger partial charge in [-0.2, -0.15) is 0 Å². The van der Waals surface area contributed by atoms with E-state index in [0.717, 1.165) is 38.5 Å². The van der Waals surface area contributed by atoms with Crippen molar-refractivity contribution in [3.8, 4) is 0 Å². The van der Waals surface area contributed by atoms with Crippen LogP contribution in [0.4, 0.5) is 0 Å². The summed E-state index contributed by atoms with van der Waals surface area (Å²) in [6, 6.07) is -1.00. The molecule has 278 valence electrons. The van der Waals surface area contributed by atoms with Crippen LogP contribution in [0.2, 0.25) is 0 Å². The highest BCUT2D eigenvalue weighted by Crippen LogP contribution is 2.15. The van der Waals surface area contributed by atoms with E-state index in [1.807, 2.05) is 0 Å². The van der Waals surface area contributed by atoms with Gasteiger partial charge in [0.1, 0.15) is 12.2 Å². The van der Waals surface area contributed by atoms with Crippen LogP contribution in [0, 0.1) is 0 Å². The van der Waals surface area contributed by atoms with Crippen molar-refractivity contribution >= 4 is 5.91 Å². The molecule has 6 heteroatoms. The van der Waals surface area contributed by atoms with Gasteiger partial charge < -0.3 is 25.7 Å². The molecule has 0 fully saturated rings. The summed E-state index contributed by atoms with van der Waals surface area (Å²) in [6.45, 7) is 4.02. The van der Waals surface area contributed by atoms with Crippen molar-refractivity contribution < 1.29 is 25.2 Å². The number of carbonyl (C=O) groups is 1. The third-order valence-electron chi connectivity index (χ3n) is 9.39. The van der Waals surface area contributed by atoms with Gasteiger partial charge in [0, 0.05) is 0 Å². The molecule has 0 bridgehead atoms. The van der Waals surface area contributed by atoms with Gasteiger partial charge in [0.05, 0.1) is 18.8 Å². The smallest absolute Gasteiger partial charge is 0.249 e. The van der Waals surface area contributed by atoms with Crippen LogP contribution < -0.4 is 5.32 Å². The lowest BCUT2D eigenvalue weighted by molar-refractivity contribution is -0.132. The van der Waals surface area contributed by atoms with Crippen molar-refractivity contribution in [1.82, 2.24) is 5.32 Å². The molecule has 6 nitrogen and oxygen atoms in total. The highest BCUT2D eigenvalue weighted by Gasteiger charge is 2.28. The number of carbonyl (C=O) groups excluding carboxylic acids is 1. The maximum atomic E-state index is 12.4. The molecular weight excluding hydrogens is 586 g/mol. The second-order valence-electron chi connectivity index (χ2n) is 14.0. The molecule has 1 amide bonds. The third kappa shape index (κ3) is 30.6. The first kappa shape index (κ1) is 45.8. The second-order valence-corrected chi connectivity index (χ2v) is 14.0. The molecule has 0 aliphatic carbocycles. The summed E-state index contributed by atoms with van der Waals surface area (Å²) in [5.41, 5.74) is 0. The molecule has 0 heterocycles. The Hall–Kier alpha value is -1.21. The van der Waals surface area contributed by atoms with Gasteiger partial charge in [0.15, 0.2) is 0 Å². The highest BCUT2D eigenvalue weighted by atomic mass is 16.3. The van der Waals surface area contributed by atoms with Crippen molar-refractivity contribution in [3.05, 3.63) is 24.3 Å². The van der Waals surface area contributed by atoms with Crippen molar-refractivity contribution in [3.63, 3.8) is 0 Å². The third-order valence-corrected chi connectivity index (χ3v) is 9.39. The fourth-order valence-corrected chi connectivity index (χ4v) is 6.12. The van der Waals surface area contributed by atoms with Gasteiger partial charge in [-0.3, -0.25) is 4.79 Å². The SMILES string of the molecule is CCCCCCCCCCC/C=C/CC/C=C/CCCC(O)C(O)C(CO)NC(=O)C(O)CCCCCCCCCCCCCCC. The second kappa shape index (κ2) is 36.1. The Bertz CT molecular complexity index is 712. The van der Waals surface area contributed by atoms with E-state index in [1.165, 1.54) is 128 Å². The van der Waals surface area contributed by atoms with E-state index in [1.54, 1.807) is 0 Å². The maximum absolute atomic E-state index is 12.4. The molecule has 0 saturated heterocycles. The highest BCUT2D eigenvalue weighted by molar-refractivity contribution is 5.80. The number of aliphatic hydroxyl groups excluding tert-OH is 4. The summed E-state index contributed by atoms with van der Waals surface area (Å²) in [5, 5.41) is 43.5. The molecule has 0 aromatic heterocycles. The number of amides is 1. The standard InChI is InChI=1S/C41H79NO5/c1-3-5-7-9-11-13-15-17-18-19-20-21-23-24-26-28-30-32-34-38(44)40(46)37(36-43)42-41(47)39(45)35-33-31-29-27-25-22-16-14-12-10-8-6-4-2/h20-21,26,28,37-40,43-46H,3-19,22-25,27,29-36H2,1-2H3,(H,42,47)/b21-20+,28-26+. The van der Waals surface area contributed by atoms with Crippen LogP contribution in [0.15, 0.2) is 24.3 Å². The van der Waals surface area contributed by atoms with E-state index >= 15 is 0 Å². The molecule has 47 heavy (non-hydrogen) atoms. The van der Waals surface area contributed by atoms with Gasteiger partial charge in [-0.25, -0.2) is 0 Å². The molecule has 0 aliphatic rings. The number of allylic oxidation sites excluding steroid dienone is 4. The molecule has 4 atom stereocenters. The fraction of sp³-hybridized carbons (Fsp3) is 0.878. The van der Waals surface area contributed by atoms with E-state index in [-0.39, 0.29) is 0 Å². The number of hydrogen-bond donors (Lipinski definition) is 5. The van der Waals surface area contributed by atoms with E-state index in [2.05, 4.69) is 43.5 Å². The average Bonchev–Trinajstić information content (AvgIpc) is 3.07. The van der Waals surface area contributed by atoms with Crippen LogP contribution >= 0.6 is 0 Å². The van der Waals surface area contributed by atoms with Crippen LogP contribution in [-0.2, 0) is 4.79 Å². The van der Waals surface area contributed by atoms with Crippen LogP contribution in [-0.4, -0.2) is 57.3 Å². The lowest BCUT2D eigenvalue weighted by Crippen LogP contribution is -2.53. The Morgan fingerprint density at radius 1 is 0.511 bits per heavy atom. The average molecular weight is 666 g/mol. The van der Waals surface area contributed by atoms with E-state index in [4.69, 9.17) is 0 Å². The molecule has 0 radical (unpaired) electrons. The quantitative estimate of drug-likeness (QED) is 0.0338. The predicted molar refractivity (Wildman–Crippen MR) is 201 cm³/mol. The lowest BCUT2D eigenvalue weighted by Gasteiger charge is -2.27. The summed E-state index contributed by atoms with van der Waals surface area (Å²) < 4.78 is 0. The molecule has 0 rings (SSSR count). The Balaban J connectivity index is 3.84. The molecule has 4 unspecified atom stereocenters. The minimum atomic E-state index is -1.28. The van der Waals surface area contributed by atoms with E-state index in [9.17, 15) is 25.2 Å². The Labute approximate surface area is 291 Å². The van der Waals surface area contributed by atoms with Crippen molar-refractivity contribution in [1.29, 1.82) is 0 Å². The van der Waals surface area contributed by atoms with Crippen LogP contribution in [0.5, 0.6) is 0 Å². The lowest BCUT2D eigenvalue weighted by atomic mass is 10.00. The van der Waals surface area contributed by atoms with Gasteiger partial charge in [-0.15, -0.1) is 0 Å². The minimum absolute atomic E-state index is 0.363. The predicted octanol–water partition coefficient (Wildman–Crippen LogP) is 10.0. The number of unbranched alkanes of at least 4 members (excludes halogenated alkanes) is 23. The monoisotopic (exact) mass is 666 g/mol. The summed E-state index contributed by atoms with van der Waals surface area (Å²) in [6.07, 6.45) is 39.2. The van der Waals surface area contributed by atoms with Crippen LogP contribution in [0.1, 0.15) is 200 Å². The molecule has 0 saturated carbocycles. The van der Waals surface area contributed by atoms with Crippen LogP contribution in [0.25, 0.3) is 0 Å². The summed E-state index contributed by atoms with van der Waals surface area (Å²) in [5.74, 6) is -0.598. The number of rotatable bonds is 36. The first-order chi connectivity index (χ1) is 23.0. The van der Waals surface area contributed by atoms with Gasteiger partial charge in [0.2, 0.25) is 5.91 Å². The van der Waals surface area contributed by atoms with Gasteiger partial charge >= 0.3 is 0 Å². The number of aliphatic hydroxyl groups is 4. The normalized spacial score (nSPS) is 14.6. The van der Waals surface area contributed by atoms with Gasteiger partial charge in [-0.05, 0) is 51.4 Å². The molecular formula is C41H79NO5. The topological polar surface area (TPSA) is 110 Å². The first-order valence-electron chi connectivity index (χ1n) is 20.2. The molecule has 5 N–H and O–H groups in total. The summed E-state index contributed by atoms with van der Waals surface area (Å²) >= 11 is 0. The van der Waals surface area contributed by atoms with Crippen molar-refractivity contribution in [2.45, 2.75) is 224 Å². The molecule has 0 aromatic rings. The van der Waals surface area contributed by atoms with E-state index < -0.39 is 36.9 Å². The number of nitrogens with one attached hydrogen (secondary N) is 1. The molecule has 0 spiro atoms. The zero-order chi connectivity index (χ0) is 34.6.